The van der Waals surface area contributed by atoms with Crippen LogP contribution in [0.4, 0.5) is 0 Å². The summed E-state index contributed by atoms with van der Waals surface area (Å²) in [5.74, 6) is 0.375. The van der Waals surface area contributed by atoms with E-state index in [0.29, 0.717) is 5.92 Å². The first kappa shape index (κ1) is 16.6. The summed E-state index contributed by atoms with van der Waals surface area (Å²) >= 11 is 0. The van der Waals surface area contributed by atoms with Crippen LogP contribution in [-0.4, -0.2) is 0 Å². The number of benzene rings is 2. The van der Waals surface area contributed by atoms with Crippen LogP contribution in [0.15, 0.2) is 121 Å². The topological polar surface area (TPSA) is 0 Å². The first-order valence-electron chi connectivity index (χ1n) is 9.40. The van der Waals surface area contributed by atoms with Crippen molar-refractivity contribution in [3.63, 3.8) is 0 Å². The Morgan fingerprint density at radius 3 is 2.00 bits per heavy atom. The highest BCUT2D eigenvalue weighted by Gasteiger charge is 2.42. The molecule has 0 nitrogen and oxygen atoms in total. The van der Waals surface area contributed by atoms with E-state index in [2.05, 4.69) is 115 Å². The molecule has 0 aliphatic heterocycles. The molecule has 2 aliphatic carbocycles. The van der Waals surface area contributed by atoms with Crippen LogP contribution in [0.1, 0.15) is 24.0 Å². The van der Waals surface area contributed by atoms with Crippen molar-refractivity contribution in [1.29, 1.82) is 0 Å². The lowest BCUT2D eigenvalue weighted by Gasteiger charge is -2.42. The van der Waals surface area contributed by atoms with E-state index in [9.17, 15) is 0 Å². The molecule has 0 heteroatoms. The van der Waals surface area contributed by atoms with Gasteiger partial charge in [-0.15, -0.1) is 0 Å². The van der Waals surface area contributed by atoms with Crippen LogP contribution in [0, 0.1) is 5.92 Å². The second-order valence-electron chi connectivity index (χ2n) is 6.88. The van der Waals surface area contributed by atoms with Gasteiger partial charge in [0.15, 0.2) is 0 Å². The van der Waals surface area contributed by atoms with Gasteiger partial charge < -0.3 is 0 Å². The first-order valence-corrected chi connectivity index (χ1v) is 9.40. The van der Waals surface area contributed by atoms with Gasteiger partial charge >= 0.3 is 0 Å². The van der Waals surface area contributed by atoms with Crippen LogP contribution >= 0.6 is 0 Å². The van der Waals surface area contributed by atoms with Gasteiger partial charge in [0.25, 0.3) is 0 Å². The van der Waals surface area contributed by atoms with Gasteiger partial charge in [-0.1, -0.05) is 115 Å². The van der Waals surface area contributed by atoms with E-state index in [1.807, 2.05) is 0 Å². The van der Waals surface area contributed by atoms with E-state index in [1.54, 1.807) is 0 Å². The second-order valence-corrected chi connectivity index (χ2v) is 6.88. The van der Waals surface area contributed by atoms with E-state index in [0.717, 1.165) is 12.8 Å². The monoisotopic (exact) mass is 336 g/mol. The molecule has 26 heavy (non-hydrogen) atoms. The number of hydrogen-bond acceptors (Lipinski definition) is 0. The normalized spacial score (nSPS) is 19.2. The zero-order valence-corrected chi connectivity index (χ0v) is 15.0. The molecular formula is C26H24. The highest BCUT2D eigenvalue weighted by atomic mass is 14.4. The van der Waals surface area contributed by atoms with Crippen molar-refractivity contribution in [2.45, 2.75) is 18.3 Å². The molecule has 0 heterocycles. The zero-order valence-electron chi connectivity index (χ0n) is 15.0. The summed E-state index contributed by atoms with van der Waals surface area (Å²) < 4.78 is 0. The fraction of sp³-hybridized carbons (Fsp3) is 0.154. The molecule has 128 valence electrons. The molecule has 1 atom stereocenters. The highest BCUT2D eigenvalue weighted by Crippen LogP contribution is 2.49. The molecule has 0 bridgehead atoms. The zero-order chi connectivity index (χ0) is 17.7. The maximum Gasteiger partial charge on any atom is 0.0516 e. The molecule has 2 aromatic rings. The minimum Gasteiger partial charge on any atom is -0.0839 e. The average Bonchev–Trinajstić information content (AvgIpc) is 3.01. The molecule has 0 spiro atoms. The third-order valence-corrected chi connectivity index (χ3v) is 5.43. The number of rotatable bonds is 4. The summed E-state index contributed by atoms with van der Waals surface area (Å²) in [5, 5.41) is 0. The Kier molecular flexibility index (Phi) is 4.84. The Labute approximate surface area is 156 Å². The minimum atomic E-state index is -0.199. The molecule has 0 amide bonds. The smallest absolute Gasteiger partial charge is 0.0516 e. The van der Waals surface area contributed by atoms with E-state index in [4.69, 9.17) is 0 Å². The number of hydrogen-bond donors (Lipinski definition) is 0. The largest absolute Gasteiger partial charge is 0.0839 e. The summed E-state index contributed by atoms with van der Waals surface area (Å²) in [4.78, 5) is 0. The van der Waals surface area contributed by atoms with Crippen LogP contribution in [0.2, 0.25) is 0 Å². The van der Waals surface area contributed by atoms with Crippen molar-refractivity contribution in [3.8, 4) is 0 Å². The maximum atomic E-state index is 2.38. The first-order chi connectivity index (χ1) is 12.9. The third-order valence-electron chi connectivity index (χ3n) is 5.43. The SMILES string of the molecule is C1=CCC=CC(C(c2ccccc2)(c2ccccc2)C2C=CC=CC2)=C1. The van der Waals surface area contributed by atoms with Gasteiger partial charge in [-0.2, -0.15) is 0 Å². The molecular weight excluding hydrogens is 312 g/mol. The fourth-order valence-electron chi connectivity index (χ4n) is 4.29. The van der Waals surface area contributed by atoms with Gasteiger partial charge in [0.05, 0.1) is 5.41 Å². The van der Waals surface area contributed by atoms with Gasteiger partial charge in [-0.05, 0) is 35.5 Å². The quantitative estimate of drug-likeness (QED) is 0.594. The summed E-state index contributed by atoms with van der Waals surface area (Å²) in [6.45, 7) is 0. The van der Waals surface area contributed by atoms with Crippen molar-refractivity contribution >= 4 is 0 Å². The molecule has 1 unspecified atom stereocenters. The lowest BCUT2D eigenvalue weighted by molar-refractivity contribution is 0.447. The van der Waals surface area contributed by atoms with E-state index < -0.39 is 0 Å². The Bertz CT molecular complexity index is 837. The van der Waals surface area contributed by atoms with E-state index in [-0.39, 0.29) is 5.41 Å². The lowest BCUT2D eigenvalue weighted by atomic mass is 9.59. The molecule has 4 rings (SSSR count). The van der Waals surface area contributed by atoms with Gasteiger partial charge in [0.2, 0.25) is 0 Å². The van der Waals surface area contributed by atoms with Gasteiger partial charge in [0, 0.05) is 0 Å². The van der Waals surface area contributed by atoms with Crippen LogP contribution in [0.3, 0.4) is 0 Å². The predicted molar refractivity (Wildman–Crippen MR) is 111 cm³/mol. The molecule has 2 aliphatic rings. The maximum absolute atomic E-state index is 2.38. The Balaban J connectivity index is 2.03. The van der Waals surface area contributed by atoms with Crippen LogP contribution in [0.5, 0.6) is 0 Å². The molecule has 0 aromatic heterocycles. The summed E-state index contributed by atoms with van der Waals surface area (Å²) in [6.07, 6.45) is 22.4. The Hall–Kier alpha value is -2.86. The standard InChI is InChI=1S/C26H24/c1-2-7-15-22(14-6-1)26(23-16-8-3-9-17-23,24-18-10-4-11-19-24)25-20-12-5-13-21-25/h1,3-20,25H,2,21H2. The van der Waals surface area contributed by atoms with Crippen molar-refractivity contribution in [3.05, 3.63) is 132 Å². The predicted octanol–water partition coefficient (Wildman–Crippen LogP) is 6.55. The summed E-state index contributed by atoms with van der Waals surface area (Å²) in [7, 11) is 0. The Morgan fingerprint density at radius 1 is 0.692 bits per heavy atom. The summed E-state index contributed by atoms with van der Waals surface area (Å²) in [5.41, 5.74) is 3.85. The van der Waals surface area contributed by atoms with Gasteiger partial charge in [-0.25, -0.2) is 0 Å². The molecule has 0 N–H and O–H groups in total. The molecule has 0 saturated heterocycles. The van der Waals surface area contributed by atoms with E-state index >= 15 is 0 Å². The van der Waals surface area contributed by atoms with E-state index in [1.165, 1.54) is 16.7 Å². The van der Waals surface area contributed by atoms with Crippen LogP contribution < -0.4 is 0 Å². The molecule has 2 aromatic carbocycles. The molecule has 0 saturated carbocycles. The van der Waals surface area contributed by atoms with Gasteiger partial charge in [-0.3, -0.25) is 0 Å². The average molecular weight is 336 g/mol. The third kappa shape index (κ3) is 2.93. The van der Waals surface area contributed by atoms with Crippen molar-refractivity contribution < 1.29 is 0 Å². The lowest BCUT2D eigenvalue weighted by Crippen LogP contribution is -2.37. The van der Waals surface area contributed by atoms with Crippen molar-refractivity contribution in [2.24, 2.45) is 5.92 Å². The van der Waals surface area contributed by atoms with Crippen LogP contribution in [0.25, 0.3) is 0 Å². The molecule has 0 radical (unpaired) electrons. The van der Waals surface area contributed by atoms with Crippen molar-refractivity contribution in [1.82, 2.24) is 0 Å². The number of allylic oxidation sites excluding steroid dienone is 10. The highest BCUT2D eigenvalue weighted by molar-refractivity contribution is 5.56. The van der Waals surface area contributed by atoms with Crippen molar-refractivity contribution in [2.75, 3.05) is 0 Å². The fourth-order valence-corrected chi connectivity index (χ4v) is 4.29. The van der Waals surface area contributed by atoms with Crippen LogP contribution in [-0.2, 0) is 5.41 Å². The Morgan fingerprint density at radius 2 is 1.38 bits per heavy atom. The second kappa shape index (κ2) is 7.58. The van der Waals surface area contributed by atoms with Gasteiger partial charge in [0.1, 0.15) is 0 Å². The summed E-state index contributed by atoms with van der Waals surface area (Å²) in [6, 6.07) is 22.0. The molecule has 0 fully saturated rings. The minimum absolute atomic E-state index is 0.199.